The van der Waals surface area contributed by atoms with Gasteiger partial charge >= 0.3 is 0 Å². The summed E-state index contributed by atoms with van der Waals surface area (Å²) in [7, 11) is 0. The van der Waals surface area contributed by atoms with Gasteiger partial charge in [-0.3, -0.25) is 0 Å². The number of piperazine rings is 1. The fourth-order valence-electron chi connectivity index (χ4n) is 2.80. The molecular weight excluding hydrogens is 314 g/mol. The summed E-state index contributed by atoms with van der Waals surface area (Å²) < 4.78 is 1.21. The fraction of sp³-hybridized carbons (Fsp3) is 0.625. The predicted octanol–water partition coefficient (Wildman–Crippen LogP) is 3.26. The van der Waals surface area contributed by atoms with Crippen LogP contribution >= 0.6 is 15.9 Å². The third-order valence-electron chi connectivity index (χ3n) is 4.15. The van der Waals surface area contributed by atoms with E-state index >= 15 is 0 Å². The van der Waals surface area contributed by atoms with Crippen molar-refractivity contribution < 1.29 is 0 Å². The second kappa shape index (κ2) is 7.43. The minimum Gasteiger partial charge on any atom is -0.369 e. The topological polar surface area (TPSA) is 18.5 Å². The molecular formula is C16H26BrN3. The molecule has 0 bridgehead atoms. The van der Waals surface area contributed by atoms with Crippen LogP contribution in [0.4, 0.5) is 5.69 Å². The molecule has 3 nitrogen and oxygen atoms in total. The minimum absolute atomic E-state index is 0.389. The second-order valence-corrected chi connectivity index (χ2v) is 6.26. The van der Waals surface area contributed by atoms with Crippen LogP contribution in [0.5, 0.6) is 0 Å². The Morgan fingerprint density at radius 2 is 1.90 bits per heavy atom. The lowest BCUT2D eigenvalue weighted by atomic mass is 10.1. The number of halogens is 1. The molecule has 0 amide bonds. The van der Waals surface area contributed by atoms with Crippen molar-refractivity contribution in [2.75, 3.05) is 44.2 Å². The Labute approximate surface area is 131 Å². The molecule has 1 saturated heterocycles. The summed E-state index contributed by atoms with van der Waals surface area (Å²) in [6.07, 6.45) is 0. The van der Waals surface area contributed by atoms with Gasteiger partial charge in [0.25, 0.3) is 0 Å². The summed E-state index contributed by atoms with van der Waals surface area (Å²) in [6.45, 7) is 13.3. The number of anilines is 1. The first-order valence-corrected chi connectivity index (χ1v) is 8.45. The molecule has 0 spiro atoms. The van der Waals surface area contributed by atoms with E-state index in [1.807, 2.05) is 0 Å². The van der Waals surface area contributed by atoms with Gasteiger partial charge in [-0.25, -0.2) is 0 Å². The van der Waals surface area contributed by atoms with Crippen LogP contribution in [0.1, 0.15) is 32.4 Å². The lowest BCUT2D eigenvalue weighted by Crippen LogP contribution is -2.46. The molecule has 4 heteroatoms. The van der Waals surface area contributed by atoms with Crippen LogP contribution in [0.25, 0.3) is 0 Å². The zero-order valence-corrected chi connectivity index (χ0v) is 14.4. The molecule has 2 rings (SSSR count). The van der Waals surface area contributed by atoms with Crippen LogP contribution in [-0.4, -0.2) is 44.2 Å². The molecule has 0 saturated carbocycles. The van der Waals surface area contributed by atoms with E-state index in [1.54, 1.807) is 0 Å². The van der Waals surface area contributed by atoms with E-state index in [9.17, 15) is 0 Å². The molecule has 1 fully saturated rings. The number of hydrogen-bond donors (Lipinski definition) is 1. The van der Waals surface area contributed by atoms with Crippen molar-refractivity contribution in [2.45, 2.75) is 26.8 Å². The lowest BCUT2D eigenvalue weighted by molar-refractivity contribution is 0.271. The number of hydrogen-bond acceptors (Lipinski definition) is 3. The van der Waals surface area contributed by atoms with Crippen LogP contribution in [0.3, 0.4) is 0 Å². The van der Waals surface area contributed by atoms with Gasteiger partial charge < -0.3 is 15.1 Å². The van der Waals surface area contributed by atoms with E-state index in [4.69, 9.17) is 0 Å². The summed E-state index contributed by atoms with van der Waals surface area (Å²) in [4.78, 5) is 4.99. The zero-order valence-electron chi connectivity index (χ0n) is 12.8. The van der Waals surface area contributed by atoms with Gasteiger partial charge in [0.1, 0.15) is 0 Å². The van der Waals surface area contributed by atoms with Crippen molar-refractivity contribution in [3.8, 4) is 0 Å². The molecule has 0 radical (unpaired) electrons. The van der Waals surface area contributed by atoms with Gasteiger partial charge in [-0.1, -0.05) is 35.8 Å². The molecule has 20 heavy (non-hydrogen) atoms. The second-order valence-electron chi connectivity index (χ2n) is 5.41. The van der Waals surface area contributed by atoms with E-state index in [1.165, 1.54) is 28.8 Å². The first-order chi connectivity index (χ1) is 9.65. The summed E-state index contributed by atoms with van der Waals surface area (Å²) in [5.74, 6) is 0. The highest BCUT2D eigenvalue weighted by Gasteiger charge is 2.17. The average molecular weight is 340 g/mol. The third kappa shape index (κ3) is 3.74. The molecule has 112 valence electrons. The van der Waals surface area contributed by atoms with Crippen molar-refractivity contribution in [1.29, 1.82) is 0 Å². The van der Waals surface area contributed by atoms with Gasteiger partial charge in [0.05, 0.1) is 0 Å². The van der Waals surface area contributed by atoms with Gasteiger partial charge in [0, 0.05) is 42.4 Å². The largest absolute Gasteiger partial charge is 0.369 e. The summed E-state index contributed by atoms with van der Waals surface area (Å²) >= 11 is 3.73. The Hall–Kier alpha value is -0.580. The molecule has 1 heterocycles. The highest BCUT2D eigenvalue weighted by atomic mass is 79.9. The van der Waals surface area contributed by atoms with Gasteiger partial charge in [-0.2, -0.15) is 0 Å². The van der Waals surface area contributed by atoms with Crippen molar-refractivity contribution in [1.82, 2.24) is 10.2 Å². The SMILES string of the molecule is CCNC(C)c1ccc(N2CCN(CC)CC2)cc1Br. The van der Waals surface area contributed by atoms with Gasteiger partial charge in [0.15, 0.2) is 0 Å². The molecule has 1 aromatic carbocycles. The van der Waals surface area contributed by atoms with Gasteiger partial charge in [-0.05, 0) is 37.7 Å². The molecule has 1 unspecified atom stereocenters. The maximum atomic E-state index is 3.73. The van der Waals surface area contributed by atoms with Gasteiger partial charge in [0.2, 0.25) is 0 Å². The van der Waals surface area contributed by atoms with E-state index in [0.717, 1.165) is 26.2 Å². The zero-order chi connectivity index (χ0) is 14.5. The maximum absolute atomic E-state index is 3.73. The molecule has 1 aromatic rings. The Balaban J connectivity index is 2.05. The molecule has 0 aromatic heterocycles. The van der Waals surface area contributed by atoms with E-state index in [2.05, 4.69) is 70.0 Å². The normalized spacial score (nSPS) is 18.3. The fourth-order valence-corrected chi connectivity index (χ4v) is 3.51. The standard InChI is InChI=1S/C16H26BrN3/c1-4-18-13(3)15-7-6-14(12-16(15)17)20-10-8-19(5-2)9-11-20/h6-7,12-13,18H,4-5,8-11H2,1-3H3. The summed E-state index contributed by atoms with van der Waals surface area (Å²) in [5, 5.41) is 3.46. The molecule has 1 aliphatic heterocycles. The first-order valence-electron chi connectivity index (χ1n) is 7.65. The highest BCUT2D eigenvalue weighted by molar-refractivity contribution is 9.10. The van der Waals surface area contributed by atoms with Crippen molar-refractivity contribution in [2.24, 2.45) is 0 Å². The van der Waals surface area contributed by atoms with Crippen molar-refractivity contribution >= 4 is 21.6 Å². The van der Waals surface area contributed by atoms with Crippen LogP contribution in [0, 0.1) is 0 Å². The van der Waals surface area contributed by atoms with E-state index in [-0.39, 0.29) is 0 Å². The lowest BCUT2D eigenvalue weighted by Gasteiger charge is -2.35. The molecule has 0 aliphatic carbocycles. The summed E-state index contributed by atoms with van der Waals surface area (Å²) in [5.41, 5.74) is 2.67. The Morgan fingerprint density at radius 3 is 2.45 bits per heavy atom. The van der Waals surface area contributed by atoms with Crippen molar-refractivity contribution in [3.63, 3.8) is 0 Å². The third-order valence-corrected chi connectivity index (χ3v) is 4.83. The maximum Gasteiger partial charge on any atom is 0.0378 e. The number of nitrogens with one attached hydrogen (secondary N) is 1. The Kier molecular flexibility index (Phi) is 5.87. The quantitative estimate of drug-likeness (QED) is 0.888. The predicted molar refractivity (Wildman–Crippen MR) is 90.6 cm³/mol. The van der Waals surface area contributed by atoms with Crippen LogP contribution in [0.15, 0.2) is 22.7 Å². The highest BCUT2D eigenvalue weighted by Crippen LogP contribution is 2.28. The number of likely N-dealkylation sites (N-methyl/N-ethyl adjacent to an activating group) is 1. The Morgan fingerprint density at radius 1 is 1.20 bits per heavy atom. The smallest absolute Gasteiger partial charge is 0.0378 e. The first kappa shape index (κ1) is 15.8. The van der Waals surface area contributed by atoms with Gasteiger partial charge in [-0.15, -0.1) is 0 Å². The van der Waals surface area contributed by atoms with E-state index in [0.29, 0.717) is 6.04 Å². The van der Waals surface area contributed by atoms with Crippen LogP contribution in [-0.2, 0) is 0 Å². The minimum atomic E-state index is 0.389. The van der Waals surface area contributed by atoms with Crippen molar-refractivity contribution in [3.05, 3.63) is 28.2 Å². The molecule has 1 N–H and O–H groups in total. The van der Waals surface area contributed by atoms with Crippen LogP contribution < -0.4 is 10.2 Å². The summed E-state index contributed by atoms with van der Waals surface area (Å²) in [6, 6.07) is 7.17. The average Bonchev–Trinajstić information content (AvgIpc) is 2.47. The number of nitrogens with zero attached hydrogens (tertiary/aromatic N) is 2. The monoisotopic (exact) mass is 339 g/mol. The number of benzene rings is 1. The molecule has 1 atom stereocenters. The van der Waals surface area contributed by atoms with E-state index < -0.39 is 0 Å². The van der Waals surface area contributed by atoms with Crippen LogP contribution in [0.2, 0.25) is 0 Å². The Bertz CT molecular complexity index is 428. The number of rotatable bonds is 5. The molecule has 1 aliphatic rings.